The summed E-state index contributed by atoms with van der Waals surface area (Å²) in [7, 11) is 0. The second-order valence-electron chi connectivity index (χ2n) is 4.14. The van der Waals surface area contributed by atoms with Crippen LogP contribution in [-0.4, -0.2) is 33.9 Å². The molecule has 0 amide bonds. The molecule has 0 fully saturated rings. The zero-order valence-corrected chi connectivity index (χ0v) is 11.0. The smallest absolute Gasteiger partial charge is 0.340 e. The molecule has 0 aliphatic carbocycles. The van der Waals surface area contributed by atoms with Crippen molar-refractivity contribution >= 4 is 17.6 Å². The van der Waals surface area contributed by atoms with E-state index in [-0.39, 0.29) is 11.9 Å². The molecule has 118 valence electrons. The highest BCUT2D eigenvalue weighted by Gasteiger charge is 2.42. The lowest BCUT2D eigenvalue weighted by Gasteiger charge is -2.15. The maximum atomic E-state index is 12.8. The summed E-state index contributed by atoms with van der Waals surface area (Å²) in [6.07, 6.45) is -3.85. The van der Waals surface area contributed by atoms with E-state index in [2.05, 4.69) is 25.0 Å². The largest absolute Gasteiger partial charge is 0.457 e. The number of rotatable bonds is 6. The topological polar surface area (TPSA) is 86.0 Å². The number of hydrogen-bond donors (Lipinski definition) is 2. The third-order valence-corrected chi connectivity index (χ3v) is 2.38. The van der Waals surface area contributed by atoms with E-state index in [1.807, 2.05) is 0 Å². The Balaban J connectivity index is 2.10. The lowest BCUT2D eigenvalue weighted by molar-refractivity contribution is -0.149. The molecule has 0 saturated carbocycles. The molecule has 2 rings (SSSR count). The Labute approximate surface area is 122 Å². The summed E-state index contributed by atoms with van der Waals surface area (Å²) in [4.78, 5) is 10.9. The van der Waals surface area contributed by atoms with E-state index in [9.17, 15) is 17.6 Å². The van der Waals surface area contributed by atoms with Gasteiger partial charge in [-0.25, -0.2) is 8.78 Å². The van der Waals surface area contributed by atoms with Crippen molar-refractivity contribution in [3.63, 3.8) is 0 Å². The second-order valence-corrected chi connectivity index (χ2v) is 4.14. The van der Waals surface area contributed by atoms with Gasteiger partial charge in [0.25, 0.3) is 0 Å². The van der Waals surface area contributed by atoms with Gasteiger partial charge in [0, 0.05) is 5.69 Å². The number of nitrogens with two attached hydrogens (primary N) is 1. The fraction of sp³-hybridized carbons (Fsp3) is 0.250. The molecule has 0 radical (unpaired) electrons. The summed E-state index contributed by atoms with van der Waals surface area (Å²) in [6.45, 7) is -1.57. The zero-order chi connectivity index (χ0) is 16.2. The number of hydrogen-bond acceptors (Lipinski definition) is 6. The summed E-state index contributed by atoms with van der Waals surface area (Å²) >= 11 is 0. The molecule has 0 atom stereocenters. The molecule has 0 bridgehead atoms. The van der Waals surface area contributed by atoms with Crippen LogP contribution in [0.5, 0.6) is 6.01 Å². The predicted molar refractivity (Wildman–Crippen MR) is 70.4 cm³/mol. The minimum Gasteiger partial charge on any atom is -0.457 e. The van der Waals surface area contributed by atoms with Crippen LogP contribution in [0.25, 0.3) is 0 Å². The van der Waals surface area contributed by atoms with Gasteiger partial charge in [0.15, 0.2) is 6.61 Å². The number of ether oxygens (including phenoxy) is 1. The van der Waals surface area contributed by atoms with Crippen molar-refractivity contribution in [2.75, 3.05) is 17.7 Å². The number of halogens is 4. The summed E-state index contributed by atoms with van der Waals surface area (Å²) < 4.78 is 54.1. The number of aromatic nitrogens is 3. The quantitative estimate of drug-likeness (QED) is 0.796. The molecule has 10 heteroatoms. The van der Waals surface area contributed by atoms with E-state index in [0.29, 0.717) is 5.69 Å². The Kier molecular flexibility index (Phi) is 4.59. The number of nitrogens with zero attached hydrogens (tertiary/aromatic N) is 3. The molecule has 2 aromatic rings. The zero-order valence-electron chi connectivity index (χ0n) is 11.0. The Morgan fingerprint density at radius 1 is 1.14 bits per heavy atom. The molecule has 0 spiro atoms. The molecule has 3 N–H and O–H groups in total. The van der Waals surface area contributed by atoms with Crippen LogP contribution in [-0.2, 0) is 0 Å². The number of nitrogens with one attached hydrogen (secondary N) is 1. The van der Waals surface area contributed by atoms with E-state index < -0.39 is 25.0 Å². The fourth-order valence-electron chi connectivity index (χ4n) is 1.37. The second kappa shape index (κ2) is 6.41. The van der Waals surface area contributed by atoms with Gasteiger partial charge in [0.05, 0.1) is 0 Å². The monoisotopic (exact) mass is 317 g/mol. The standard InChI is InChI=1S/C12H11F4N5O/c13-8(14)12(15,16)6-22-11-20-9(17)19-10(21-11)18-7-4-2-1-3-5-7/h1-5,8H,6H2,(H3,17,18,19,20,21). The summed E-state index contributed by atoms with van der Waals surface area (Å²) in [5.74, 6) is -4.67. The Morgan fingerprint density at radius 2 is 1.82 bits per heavy atom. The van der Waals surface area contributed by atoms with Crippen LogP contribution < -0.4 is 15.8 Å². The minimum atomic E-state index is -4.31. The first kappa shape index (κ1) is 15.7. The van der Waals surface area contributed by atoms with Crippen LogP contribution in [0.3, 0.4) is 0 Å². The summed E-state index contributed by atoms with van der Waals surface area (Å²) in [5, 5.41) is 2.75. The average Bonchev–Trinajstić information content (AvgIpc) is 2.45. The number of para-hydroxylation sites is 1. The predicted octanol–water partition coefficient (Wildman–Crippen LogP) is 2.48. The Bertz CT molecular complexity index is 626. The van der Waals surface area contributed by atoms with Gasteiger partial charge < -0.3 is 15.8 Å². The average molecular weight is 317 g/mol. The number of benzene rings is 1. The third-order valence-electron chi connectivity index (χ3n) is 2.38. The van der Waals surface area contributed by atoms with E-state index in [1.54, 1.807) is 30.3 Å². The highest BCUT2D eigenvalue weighted by molar-refractivity contribution is 5.53. The lowest BCUT2D eigenvalue weighted by atomic mass is 10.3. The van der Waals surface area contributed by atoms with Crippen LogP contribution in [0.15, 0.2) is 30.3 Å². The van der Waals surface area contributed by atoms with Crippen molar-refractivity contribution in [3.05, 3.63) is 30.3 Å². The van der Waals surface area contributed by atoms with Gasteiger partial charge in [0.1, 0.15) is 0 Å². The first-order valence-electron chi connectivity index (χ1n) is 5.99. The third kappa shape index (κ3) is 4.17. The van der Waals surface area contributed by atoms with Crippen LogP contribution in [0.1, 0.15) is 0 Å². The Morgan fingerprint density at radius 3 is 2.45 bits per heavy atom. The van der Waals surface area contributed by atoms with Crippen molar-refractivity contribution in [2.24, 2.45) is 0 Å². The van der Waals surface area contributed by atoms with E-state index in [1.165, 1.54) is 0 Å². The van der Waals surface area contributed by atoms with Gasteiger partial charge in [-0.1, -0.05) is 18.2 Å². The van der Waals surface area contributed by atoms with E-state index in [0.717, 1.165) is 0 Å². The number of alkyl halides is 4. The number of nitrogen functional groups attached to an aromatic ring is 1. The van der Waals surface area contributed by atoms with E-state index in [4.69, 9.17) is 5.73 Å². The molecular weight excluding hydrogens is 306 g/mol. The highest BCUT2D eigenvalue weighted by Crippen LogP contribution is 2.24. The van der Waals surface area contributed by atoms with Crippen LogP contribution in [0.4, 0.5) is 35.1 Å². The summed E-state index contributed by atoms with van der Waals surface area (Å²) in [6, 6.07) is 8.09. The summed E-state index contributed by atoms with van der Waals surface area (Å²) in [5.41, 5.74) is 6.00. The van der Waals surface area contributed by atoms with Crippen molar-refractivity contribution in [1.29, 1.82) is 0 Å². The normalized spacial score (nSPS) is 11.5. The van der Waals surface area contributed by atoms with Crippen LogP contribution >= 0.6 is 0 Å². The van der Waals surface area contributed by atoms with Gasteiger partial charge in [-0.15, -0.1) is 0 Å². The Hall–Kier alpha value is -2.65. The van der Waals surface area contributed by atoms with Crippen LogP contribution in [0.2, 0.25) is 0 Å². The molecule has 1 aromatic heterocycles. The molecule has 22 heavy (non-hydrogen) atoms. The van der Waals surface area contributed by atoms with Gasteiger partial charge in [0.2, 0.25) is 11.9 Å². The minimum absolute atomic E-state index is 0.0611. The van der Waals surface area contributed by atoms with Crippen molar-refractivity contribution in [2.45, 2.75) is 12.3 Å². The molecule has 1 aromatic carbocycles. The molecule has 0 aliphatic heterocycles. The molecule has 1 heterocycles. The maximum Gasteiger partial charge on any atom is 0.340 e. The van der Waals surface area contributed by atoms with Gasteiger partial charge in [-0.05, 0) is 12.1 Å². The number of anilines is 3. The van der Waals surface area contributed by atoms with E-state index >= 15 is 0 Å². The lowest BCUT2D eigenvalue weighted by Crippen LogP contribution is -2.34. The maximum absolute atomic E-state index is 12.8. The van der Waals surface area contributed by atoms with Gasteiger partial charge in [-0.3, -0.25) is 0 Å². The first-order valence-corrected chi connectivity index (χ1v) is 5.99. The van der Waals surface area contributed by atoms with Gasteiger partial charge >= 0.3 is 18.4 Å². The van der Waals surface area contributed by atoms with Crippen molar-refractivity contribution in [3.8, 4) is 6.01 Å². The first-order chi connectivity index (χ1) is 10.4. The fourth-order valence-corrected chi connectivity index (χ4v) is 1.37. The van der Waals surface area contributed by atoms with Crippen molar-refractivity contribution < 1.29 is 22.3 Å². The van der Waals surface area contributed by atoms with Crippen molar-refractivity contribution in [1.82, 2.24) is 15.0 Å². The highest BCUT2D eigenvalue weighted by atomic mass is 19.3. The van der Waals surface area contributed by atoms with Crippen LogP contribution in [0, 0.1) is 0 Å². The molecule has 0 unspecified atom stereocenters. The molecule has 0 saturated heterocycles. The molecular formula is C12H11F4N5O. The molecule has 6 nitrogen and oxygen atoms in total. The van der Waals surface area contributed by atoms with Gasteiger partial charge in [-0.2, -0.15) is 23.7 Å². The SMILES string of the molecule is Nc1nc(Nc2ccccc2)nc(OCC(F)(F)C(F)F)n1. The molecule has 0 aliphatic rings.